The number of nitrogens with one attached hydrogen (secondary N) is 1. The first kappa shape index (κ1) is 12.0. The summed E-state index contributed by atoms with van der Waals surface area (Å²) in [4.78, 5) is 10.8. The minimum atomic E-state index is -0.824. The molecule has 2 rings (SSSR count). The van der Waals surface area contributed by atoms with Crippen molar-refractivity contribution in [2.45, 2.75) is 11.4 Å². The second-order valence-electron chi connectivity index (χ2n) is 3.44. The van der Waals surface area contributed by atoms with Crippen LogP contribution in [0.3, 0.4) is 0 Å². The number of hydrogen-bond acceptors (Lipinski definition) is 3. The summed E-state index contributed by atoms with van der Waals surface area (Å²) in [6, 6.07) is 4.83. The predicted molar refractivity (Wildman–Crippen MR) is 66.2 cm³/mol. The summed E-state index contributed by atoms with van der Waals surface area (Å²) in [7, 11) is 0. The van der Waals surface area contributed by atoms with Crippen molar-refractivity contribution < 1.29 is 9.90 Å². The van der Waals surface area contributed by atoms with E-state index in [4.69, 9.17) is 28.3 Å². The average molecular weight is 278 g/mol. The number of carboxylic acids is 1. The normalized spacial score (nSPS) is 24.6. The standard InChI is InChI=1S/C10H9Cl2NO2S/c11-6-2-1-5(3-7(6)12)9-13-8(4-16-9)10(14)15/h1-3,8-9,13H,4H2,(H,14,15)/t8-,9+/m1/s1. The second-order valence-corrected chi connectivity index (χ2v) is 5.40. The lowest BCUT2D eigenvalue weighted by Crippen LogP contribution is -2.33. The lowest BCUT2D eigenvalue weighted by molar-refractivity contribution is -0.138. The van der Waals surface area contributed by atoms with Crippen LogP contribution in [0, 0.1) is 0 Å². The van der Waals surface area contributed by atoms with E-state index < -0.39 is 12.0 Å². The third-order valence-corrected chi connectivity index (χ3v) is 4.33. The summed E-state index contributed by atoms with van der Waals surface area (Å²) in [5, 5.41) is 12.8. The fourth-order valence-corrected chi connectivity index (χ4v) is 3.01. The Morgan fingerprint density at radius 3 is 2.75 bits per heavy atom. The number of rotatable bonds is 2. The Balaban J connectivity index is 2.14. The molecule has 1 aromatic rings. The van der Waals surface area contributed by atoms with Gasteiger partial charge in [-0.3, -0.25) is 10.1 Å². The van der Waals surface area contributed by atoms with Gasteiger partial charge in [0.05, 0.1) is 15.4 Å². The summed E-state index contributed by atoms with van der Waals surface area (Å²) in [6.45, 7) is 0. The summed E-state index contributed by atoms with van der Waals surface area (Å²) in [6.07, 6.45) is 0. The summed E-state index contributed by atoms with van der Waals surface area (Å²) in [5.74, 6) is -0.268. The zero-order valence-corrected chi connectivity index (χ0v) is 10.4. The maximum absolute atomic E-state index is 10.8. The number of aliphatic carboxylic acids is 1. The molecular weight excluding hydrogens is 269 g/mol. The molecule has 0 aliphatic carbocycles. The van der Waals surface area contributed by atoms with E-state index in [9.17, 15) is 4.79 Å². The van der Waals surface area contributed by atoms with E-state index in [0.717, 1.165) is 5.56 Å². The van der Waals surface area contributed by atoms with Crippen LogP contribution in [0.4, 0.5) is 0 Å². The van der Waals surface area contributed by atoms with Crippen molar-refractivity contribution in [2.75, 3.05) is 5.75 Å². The van der Waals surface area contributed by atoms with Gasteiger partial charge in [0, 0.05) is 5.75 Å². The molecule has 0 aromatic heterocycles. The number of carbonyl (C=O) groups is 1. The molecule has 0 amide bonds. The van der Waals surface area contributed by atoms with Crippen LogP contribution in [0.5, 0.6) is 0 Å². The van der Waals surface area contributed by atoms with Crippen molar-refractivity contribution in [3.8, 4) is 0 Å². The number of benzene rings is 1. The minimum Gasteiger partial charge on any atom is -0.480 e. The van der Waals surface area contributed by atoms with E-state index in [1.54, 1.807) is 23.9 Å². The van der Waals surface area contributed by atoms with Gasteiger partial charge < -0.3 is 5.11 Å². The van der Waals surface area contributed by atoms with Crippen molar-refractivity contribution >= 4 is 40.9 Å². The van der Waals surface area contributed by atoms with Crippen molar-refractivity contribution in [1.82, 2.24) is 5.32 Å². The van der Waals surface area contributed by atoms with Gasteiger partial charge in [-0.2, -0.15) is 0 Å². The minimum absolute atomic E-state index is 0.0316. The van der Waals surface area contributed by atoms with Crippen LogP contribution < -0.4 is 5.32 Å². The van der Waals surface area contributed by atoms with E-state index >= 15 is 0 Å². The Kier molecular flexibility index (Phi) is 3.64. The molecule has 16 heavy (non-hydrogen) atoms. The van der Waals surface area contributed by atoms with E-state index in [2.05, 4.69) is 5.32 Å². The van der Waals surface area contributed by atoms with Gasteiger partial charge in [-0.05, 0) is 17.7 Å². The van der Waals surface area contributed by atoms with E-state index in [1.807, 2.05) is 6.07 Å². The topological polar surface area (TPSA) is 49.3 Å². The SMILES string of the molecule is O=C(O)[C@H]1CS[C@@H](c2ccc(Cl)c(Cl)c2)N1. The molecule has 1 heterocycles. The molecule has 1 aliphatic heterocycles. The predicted octanol–water partition coefficient (Wildman–Crippen LogP) is 2.78. The Morgan fingerprint density at radius 2 is 2.19 bits per heavy atom. The molecule has 0 spiro atoms. The Hall–Kier alpha value is -0.420. The highest BCUT2D eigenvalue weighted by atomic mass is 35.5. The molecule has 86 valence electrons. The monoisotopic (exact) mass is 277 g/mol. The largest absolute Gasteiger partial charge is 0.480 e. The van der Waals surface area contributed by atoms with Crippen molar-refractivity contribution in [1.29, 1.82) is 0 Å². The molecular formula is C10H9Cl2NO2S. The van der Waals surface area contributed by atoms with Crippen LogP contribution in [-0.2, 0) is 4.79 Å². The van der Waals surface area contributed by atoms with E-state index in [1.165, 1.54) is 0 Å². The second kappa shape index (κ2) is 4.84. The zero-order chi connectivity index (χ0) is 11.7. The number of hydrogen-bond donors (Lipinski definition) is 2. The van der Waals surface area contributed by atoms with E-state index in [0.29, 0.717) is 15.8 Å². The number of carboxylic acid groups (broad SMARTS) is 1. The highest BCUT2D eigenvalue weighted by Crippen LogP contribution is 2.35. The first-order valence-electron chi connectivity index (χ1n) is 4.63. The van der Waals surface area contributed by atoms with Gasteiger partial charge in [-0.1, -0.05) is 29.3 Å². The highest BCUT2D eigenvalue weighted by Gasteiger charge is 2.30. The van der Waals surface area contributed by atoms with Crippen LogP contribution in [0.1, 0.15) is 10.9 Å². The Morgan fingerprint density at radius 1 is 1.44 bits per heavy atom. The fraction of sp³-hybridized carbons (Fsp3) is 0.300. The van der Waals surface area contributed by atoms with Crippen LogP contribution in [0.15, 0.2) is 18.2 Å². The first-order valence-corrected chi connectivity index (χ1v) is 6.44. The van der Waals surface area contributed by atoms with Crippen molar-refractivity contribution in [2.24, 2.45) is 0 Å². The maximum atomic E-state index is 10.8. The van der Waals surface area contributed by atoms with Crippen LogP contribution in [0.2, 0.25) is 10.0 Å². The third kappa shape index (κ3) is 2.46. The zero-order valence-electron chi connectivity index (χ0n) is 8.11. The van der Waals surface area contributed by atoms with Gasteiger partial charge in [-0.15, -0.1) is 11.8 Å². The molecule has 2 N–H and O–H groups in total. The van der Waals surface area contributed by atoms with Crippen LogP contribution in [0.25, 0.3) is 0 Å². The van der Waals surface area contributed by atoms with Crippen molar-refractivity contribution in [3.63, 3.8) is 0 Å². The maximum Gasteiger partial charge on any atom is 0.321 e. The quantitative estimate of drug-likeness (QED) is 0.873. The van der Waals surface area contributed by atoms with Gasteiger partial charge in [0.1, 0.15) is 6.04 Å². The van der Waals surface area contributed by atoms with Gasteiger partial charge in [0.15, 0.2) is 0 Å². The van der Waals surface area contributed by atoms with E-state index in [-0.39, 0.29) is 5.37 Å². The first-order chi connectivity index (χ1) is 7.58. The summed E-state index contributed by atoms with van der Waals surface area (Å²) >= 11 is 13.3. The molecule has 2 atom stereocenters. The smallest absolute Gasteiger partial charge is 0.321 e. The molecule has 1 fully saturated rings. The fourth-order valence-electron chi connectivity index (χ4n) is 1.48. The molecule has 1 saturated heterocycles. The lowest BCUT2D eigenvalue weighted by atomic mass is 10.2. The van der Waals surface area contributed by atoms with Gasteiger partial charge >= 0.3 is 5.97 Å². The molecule has 1 aliphatic rings. The van der Waals surface area contributed by atoms with Gasteiger partial charge in [0.2, 0.25) is 0 Å². The summed E-state index contributed by atoms with van der Waals surface area (Å²) < 4.78 is 0. The van der Waals surface area contributed by atoms with Gasteiger partial charge in [-0.25, -0.2) is 0 Å². The molecule has 0 saturated carbocycles. The van der Waals surface area contributed by atoms with Crippen LogP contribution >= 0.6 is 35.0 Å². The highest BCUT2D eigenvalue weighted by molar-refractivity contribution is 7.99. The molecule has 0 radical (unpaired) electrons. The molecule has 6 heteroatoms. The average Bonchev–Trinajstić information content (AvgIpc) is 2.71. The number of halogens is 2. The molecule has 0 unspecified atom stereocenters. The third-order valence-electron chi connectivity index (χ3n) is 2.33. The molecule has 3 nitrogen and oxygen atoms in total. The lowest BCUT2D eigenvalue weighted by Gasteiger charge is -2.11. The molecule has 0 bridgehead atoms. The number of thioether (sulfide) groups is 1. The Bertz CT molecular complexity index is 427. The Labute approximate surface area is 107 Å². The molecule has 1 aromatic carbocycles. The summed E-state index contributed by atoms with van der Waals surface area (Å²) in [5.41, 5.74) is 0.947. The van der Waals surface area contributed by atoms with Crippen molar-refractivity contribution in [3.05, 3.63) is 33.8 Å². The van der Waals surface area contributed by atoms with Gasteiger partial charge in [0.25, 0.3) is 0 Å². The van der Waals surface area contributed by atoms with Crippen LogP contribution in [-0.4, -0.2) is 22.9 Å².